The highest BCUT2D eigenvalue weighted by Gasteiger charge is 2.29. The average Bonchev–Trinajstić information content (AvgIpc) is 2.06. The first-order chi connectivity index (χ1) is 6.21. The molecule has 1 N–H and O–H groups in total. The molecule has 0 atom stereocenters. The SMILES string of the molecule is CC.CNC(C)(C)CC(C)(C)C(C)C. The van der Waals surface area contributed by atoms with Crippen LogP contribution in [-0.4, -0.2) is 12.6 Å². The van der Waals surface area contributed by atoms with E-state index < -0.39 is 0 Å². The fraction of sp³-hybridized carbons (Fsp3) is 1.00. The molecule has 0 rings (SSSR count). The molecule has 0 aliphatic carbocycles. The monoisotopic (exact) mass is 201 g/mol. The van der Waals surface area contributed by atoms with Crippen LogP contribution in [0.1, 0.15) is 61.8 Å². The van der Waals surface area contributed by atoms with Gasteiger partial charge in [0.05, 0.1) is 0 Å². The minimum absolute atomic E-state index is 0.258. The Balaban J connectivity index is 0. The molecule has 0 unspecified atom stereocenters. The number of nitrogens with one attached hydrogen (secondary N) is 1. The molecule has 0 aromatic rings. The molecule has 0 aromatic carbocycles. The normalized spacial score (nSPS) is 12.4. The largest absolute Gasteiger partial charge is 0.315 e. The van der Waals surface area contributed by atoms with Gasteiger partial charge in [-0.2, -0.15) is 0 Å². The fourth-order valence-corrected chi connectivity index (χ4v) is 1.43. The summed E-state index contributed by atoms with van der Waals surface area (Å²) in [4.78, 5) is 0. The molecular weight excluding hydrogens is 170 g/mol. The molecule has 0 saturated heterocycles. The summed E-state index contributed by atoms with van der Waals surface area (Å²) in [5, 5.41) is 3.35. The molecule has 0 bridgehead atoms. The van der Waals surface area contributed by atoms with E-state index in [9.17, 15) is 0 Å². The van der Waals surface area contributed by atoms with Gasteiger partial charge in [-0.25, -0.2) is 0 Å². The first kappa shape index (κ1) is 16.4. The van der Waals surface area contributed by atoms with Crippen molar-refractivity contribution < 1.29 is 0 Å². The summed E-state index contributed by atoms with van der Waals surface area (Å²) in [5.41, 5.74) is 0.681. The third-order valence-electron chi connectivity index (χ3n) is 3.14. The van der Waals surface area contributed by atoms with Crippen molar-refractivity contribution in [1.82, 2.24) is 5.32 Å². The van der Waals surface area contributed by atoms with Crippen molar-refractivity contribution in [2.24, 2.45) is 11.3 Å². The zero-order chi connectivity index (χ0) is 12.0. The summed E-state index contributed by atoms with van der Waals surface area (Å²) in [6.07, 6.45) is 1.22. The standard InChI is InChI=1S/C11H25N.C2H6/c1-9(2)10(3,4)8-11(5,6)12-7;1-2/h9,12H,8H2,1-7H3;1-2H3. The van der Waals surface area contributed by atoms with Crippen LogP contribution in [0.25, 0.3) is 0 Å². The lowest BCUT2D eigenvalue weighted by Crippen LogP contribution is -2.41. The number of hydrogen-bond acceptors (Lipinski definition) is 1. The molecule has 0 amide bonds. The molecule has 0 aromatic heterocycles. The van der Waals surface area contributed by atoms with E-state index >= 15 is 0 Å². The number of rotatable bonds is 4. The van der Waals surface area contributed by atoms with Crippen LogP contribution in [0.2, 0.25) is 0 Å². The average molecular weight is 201 g/mol. The summed E-state index contributed by atoms with van der Waals surface area (Å²) in [6.45, 7) is 17.8. The molecule has 1 heteroatoms. The topological polar surface area (TPSA) is 12.0 Å². The summed E-state index contributed by atoms with van der Waals surface area (Å²) in [6, 6.07) is 0. The molecule has 0 aliphatic rings. The zero-order valence-electron chi connectivity index (χ0n) is 11.8. The molecule has 0 saturated carbocycles. The van der Waals surface area contributed by atoms with E-state index in [1.807, 2.05) is 20.9 Å². The highest BCUT2D eigenvalue weighted by molar-refractivity contribution is 4.85. The third kappa shape index (κ3) is 6.42. The minimum atomic E-state index is 0.258. The van der Waals surface area contributed by atoms with Crippen LogP contribution < -0.4 is 5.32 Å². The second kappa shape index (κ2) is 6.44. The molecule has 0 radical (unpaired) electrons. The maximum atomic E-state index is 3.35. The van der Waals surface area contributed by atoms with Gasteiger partial charge in [-0.3, -0.25) is 0 Å². The predicted molar refractivity (Wildman–Crippen MR) is 67.7 cm³/mol. The van der Waals surface area contributed by atoms with E-state index in [1.54, 1.807) is 0 Å². The van der Waals surface area contributed by atoms with Crippen molar-refractivity contribution >= 4 is 0 Å². The first-order valence-corrected chi connectivity index (χ1v) is 5.90. The maximum Gasteiger partial charge on any atom is 0.0127 e. The van der Waals surface area contributed by atoms with Gasteiger partial charge in [0.15, 0.2) is 0 Å². The van der Waals surface area contributed by atoms with Crippen LogP contribution in [0, 0.1) is 11.3 Å². The molecule has 0 aliphatic heterocycles. The summed E-state index contributed by atoms with van der Waals surface area (Å²) >= 11 is 0. The highest BCUT2D eigenvalue weighted by atomic mass is 14.9. The predicted octanol–water partition coefficient (Wildman–Crippen LogP) is 4.08. The molecule has 0 heterocycles. The van der Waals surface area contributed by atoms with E-state index in [-0.39, 0.29) is 5.54 Å². The van der Waals surface area contributed by atoms with Crippen molar-refractivity contribution in [2.45, 2.75) is 67.3 Å². The molecule has 0 spiro atoms. The summed E-state index contributed by atoms with van der Waals surface area (Å²) < 4.78 is 0. The van der Waals surface area contributed by atoms with E-state index in [0.717, 1.165) is 5.92 Å². The van der Waals surface area contributed by atoms with E-state index in [2.05, 4.69) is 46.9 Å². The Morgan fingerprint density at radius 1 is 1.00 bits per heavy atom. The fourth-order valence-electron chi connectivity index (χ4n) is 1.43. The van der Waals surface area contributed by atoms with Crippen LogP contribution in [-0.2, 0) is 0 Å². The van der Waals surface area contributed by atoms with E-state index in [4.69, 9.17) is 0 Å². The van der Waals surface area contributed by atoms with Crippen molar-refractivity contribution in [3.63, 3.8) is 0 Å². The number of hydrogen-bond donors (Lipinski definition) is 1. The van der Waals surface area contributed by atoms with Crippen LogP contribution >= 0.6 is 0 Å². The van der Waals surface area contributed by atoms with Crippen molar-refractivity contribution in [3.8, 4) is 0 Å². The van der Waals surface area contributed by atoms with Crippen LogP contribution in [0.3, 0.4) is 0 Å². The molecular formula is C13H31N. The third-order valence-corrected chi connectivity index (χ3v) is 3.14. The lowest BCUT2D eigenvalue weighted by atomic mass is 9.73. The van der Waals surface area contributed by atoms with Gasteiger partial charge in [-0.1, -0.05) is 41.5 Å². The highest BCUT2D eigenvalue weighted by Crippen LogP contribution is 2.34. The van der Waals surface area contributed by atoms with Crippen LogP contribution in [0.15, 0.2) is 0 Å². The molecule has 88 valence electrons. The smallest absolute Gasteiger partial charge is 0.0127 e. The lowest BCUT2D eigenvalue weighted by molar-refractivity contribution is 0.167. The second-order valence-corrected chi connectivity index (χ2v) is 5.45. The van der Waals surface area contributed by atoms with Gasteiger partial charge in [0.25, 0.3) is 0 Å². The molecule has 0 fully saturated rings. The van der Waals surface area contributed by atoms with E-state index in [1.165, 1.54) is 6.42 Å². The Kier molecular flexibility index (Phi) is 7.55. The first-order valence-electron chi connectivity index (χ1n) is 5.90. The maximum absolute atomic E-state index is 3.35. The molecule has 14 heavy (non-hydrogen) atoms. The van der Waals surface area contributed by atoms with Gasteiger partial charge in [0, 0.05) is 5.54 Å². The van der Waals surface area contributed by atoms with Crippen molar-refractivity contribution in [3.05, 3.63) is 0 Å². The lowest BCUT2D eigenvalue weighted by Gasteiger charge is -2.37. The Bertz CT molecular complexity index is 134. The molecule has 1 nitrogen and oxygen atoms in total. The van der Waals surface area contributed by atoms with Gasteiger partial charge in [0.1, 0.15) is 0 Å². The van der Waals surface area contributed by atoms with Crippen molar-refractivity contribution in [2.75, 3.05) is 7.05 Å². The summed E-state index contributed by atoms with van der Waals surface area (Å²) in [7, 11) is 2.04. The quantitative estimate of drug-likeness (QED) is 0.722. The zero-order valence-corrected chi connectivity index (χ0v) is 11.8. The van der Waals surface area contributed by atoms with Gasteiger partial charge in [0.2, 0.25) is 0 Å². The Morgan fingerprint density at radius 2 is 1.36 bits per heavy atom. The Morgan fingerprint density at radius 3 is 1.57 bits per heavy atom. The van der Waals surface area contributed by atoms with Gasteiger partial charge < -0.3 is 5.32 Å². The Hall–Kier alpha value is -0.0400. The van der Waals surface area contributed by atoms with Gasteiger partial charge >= 0.3 is 0 Å². The second-order valence-electron chi connectivity index (χ2n) is 5.45. The van der Waals surface area contributed by atoms with Crippen molar-refractivity contribution in [1.29, 1.82) is 0 Å². The van der Waals surface area contributed by atoms with Gasteiger partial charge in [-0.15, -0.1) is 0 Å². The van der Waals surface area contributed by atoms with Crippen LogP contribution in [0.5, 0.6) is 0 Å². The van der Waals surface area contributed by atoms with E-state index in [0.29, 0.717) is 5.41 Å². The van der Waals surface area contributed by atoms with Crippen LogP contribution in [0.4, 0.5) is 0 Å². The van der Waals surface area contributed by atoms with Gasteiger partial charge in [-0.05, 0) is 38.6 Å². The minimum Gasteiger partial charge on any atom is -0.315 e. The Labute approximate surface area is 91.7 Å². The summed E-state index contributed by atoms with van der Waals surface area (Å²) in [5.74, 6) is 0.741.